The van der Waals surface area contributed by atoms with Gasteiger partial charge < -0.3 is 5.73 Å². The van der Waals surface area contributed by atoms with E-state index in [0.29, 0.717) is 10.9 Å². The van der Waals surface area contributed by atoms with Crippen molar-refractivity contribution in [2.75, 3.05) is 0 Å². The Morgan fingerprint density at radius 2 is 2.29 bits per heavy atom. The molecule has 17 heavy (non-hydrogen) atoms. The molecule has 2 aromatic rings. The average Bonchev–Trinajstić information content (AvgIpc) is 2.68. The van der Waals surface area contributed by atoms with Crippen LogP contribution < -0.4 is 5.73 Å². The summed E-state index contributed by atoms with van der Waals surface area (Å²) in [6.07, 6.45) is 0.630. The Balaban J connectivity index is 2.14. The number of rotatable bonds is 3. The van der Waals surface area contributed by atoms with Crippen LogP contribution in [0.1, 0.15) is 22.3 Å². The van der Waals surface area contributed by atoms with Crippen LogP contribution in [0.2, 0.25) is 0 Å². The highest BCUT2D eigenvalue weighted by atomic mass is 79.9. The predicted octanol–water partition coefficient (Wildman–Crippen LogP) is 3.60. The predicted molar refractivity (Wildman–Crippen MR) is 71.6 cm³/mol. The summed E-state index contributed by atoms with van der Waals surface area (Å²) in [5, 5.41) is 3.01. The highest BCUT2D eigenvalue weighted by molar-refractivity contribution is 9.10. The second-order valence-electron chi connectivity index (χ2n) is 3.84. The van der Waals surface area contributed by atoms with E-state index in [1.54, 1.807) is 17.4 Å². The van der Waals surface area contributed by atoms with Crippen molar-refractivity contribution in [1.82, 2.24) is 4.98 Å². The first-order valence-corrected chi connectivity index (χ1v) is 6.85. The normalized spacial score (nSPS) is 12.7. The molecule has 0 saturated heterocycles. The van der Waals surface area contributed by atoms with Crippen molar-refractivity contribution in [1.29, 1.82) is 0 Å². The molecule has 1 aromatic carbocycles. The third kappa shape index (κ3) is 3.12. The van der Waals surface area contributed by atoms with Gasteiger partial charge in [0.05, 0.1) is 15.2 Å². The van der Waals surface area contributed by atoms with E-state index in [1.807, 2.05) is 18.4 Å². The van der Waals surface area contributed by atoms with E-state index < -0.39 is 0 Å². The van der Waals surface area contributed by atoms with Crippen LogP contribution in [0, 0.1) is 12.7 Å². The first-order chi connectivity index (χ1) is 8.06. The largest absolute Gasteiger partial charge is 0.324 e. The minimum Gasteiger partial charge on any atom is -0.324 e. The van der Waals surface area contributed by atoms with Gasteiger partial charge in [0, 0.05) is 17.8 Å². The molecular formula is C12H12BrFN2S. The Labute approximate surface area is 112 Å². The molecule has 0 fully saturated rings. The van der Waals surface area contributed by atoms with Crippen LogP contribution in [0.3, 0.4) is 0 Å². The summed E-state index contributed by atoms with van der Waals surface area (Å²) >= 11 is 4.72. The number of nitrogens with zero attached hydrogens (tertiary/aromatic N) is 1. The summed E-state index contributed by atoms with van der Waals surface area (Å²) < 4.78 is 13.8. The maximum Gasteiger partial charge on any atom is 0.137 e. The molecule has 0 amide bonds. The number of aryl methyl sites for hydroxylation is 1. The number of hydrogen-bond acceptors (Lipinski definition) is 3. The lowest BCUT2D eigenvalue weighted by Gasteiger charge is -2.11. The molecule has 5 heteroatoms. The minimum absolute atomic E-state index is 0.223. The minimum atomic E-state index is -0.285. The van der Waals surface area contributed by atoms with Crippen molar-refractivity contribution < 1.29 is 4.39 Å². The topological polar surface area (TPSA) is 38.9 Å². The third-order valence-corrected chi connectivity index (χ3v) is 3.93. The standard InChI is InChI=1S/C12H12BrFN2S/c1-7-16-9(6-17-7)5-12(15)8-2-3-10(13)11(14)4-8/h2-4,6,12H,5,15H2,1H3. The first-order valence-electron chi connectivity index (χ1n) is 5.18. The molecule has 1 unspecified atom stereocenters. The molecule has 0 aliphatic carbocycles. The summed E-state index contributed by atoms with van der Waals surface area (Å²) in [5.74, 6) is -0.285. The molecule has 0 bridgehead atoms. The lowest BCUT2D eigenvalue weighted by Crippen LogP contribution is -2.13. The van der Waals surface area contributed by atoms with Crippen molar-refractivity contribution in [2.24, 2.45) is 5.73 Å². The fraction of sp³-hybridized carbons (Fsp3) is 0.250. The number of thiazole rings is 1. The summed E-state index contributed by atoms with van der Waals surface area (Å²) in [6.45, 7) is 1.96. The molecule has 1 atom stereocenters. The van der Waals surface area contributed by atoms with E-state index in [2.05, 4.69) is 20.9 Å². The summed E-state index contributed by atoms with van der Waals surface area (Å²) in [5.41, 5.74) is 7.79. The van der Waals surface area contributed by atoms with Gasteiger partial charge in [-0.1, -0.05) is 6.07 Å². The van der Waals surface area contributed by atoms with E-state index in [9.17, 15) is 4.39 Å². The van der Waals surface area contributed by atoms with Gasteiger partial charge in [-0.05, 0) is 40.5 Å². The Morgan fingerprint density at radius 3 is 2.88 bits per heavy atom. The molecule has 2 N–H and O–H groups in total. The van der Waals surface area contributed by atoms with Gasteiger partial charge in [-0.15, -0.1) is 11.3 Å². The van der Waals surface area contributed by atoms with Crippen LogP contribution in [-0.4, -0.2) is 4.98 Å². The number of hydrogen-bond donors (Lipinski definition) is 1. The number of benzene rings is 1. The third-order valence-electron chi connectivity index (χ3n) is 2.47. The van der Waals surface area contributed by atoms with Gasteiger partial charge in [0.1, 0.15) is 5.82 Å². The van der Waals surface area contributed by atoms with E-state index in [-0.39, 0.29) is 11.9 Å². The SMILES string of the molecule is Cc1nc(CC(N)c2ccc(Br)c(F)c2)cs1. The van der Waals surface area contributed by atoms with Crippen LogP contribution in [0.25, 0.3) is 0 Å². The smallest absolute Gasteiger partial charge is 0.137 e. The van der Waals surface area contributed by atoms with E-state index in [0.717, 1.165) is 16.3 Å². The summed E-state index contributed by atoms with van der Waals surface area (Å²) in [7, 11) is 0. The van der Waals surface area contributed by atoms with Crippen LogP contribution >= 0.6 is 27.3 Å². The van der Waals surface area contributed by atoms with Crippen LogP contribution in [0.15, 0.2) is 28.1 Å². The van der Waals surface area contributed by atoms with E-state index in [1.165, 1.54) is 6.07 Å². The number of nitrogens with two attached hydrogens (primary N) is 1. The lowest BCUT2D eigenvalue weighted by molar-refractivity contribution is 0.611. The highest BCUT2D eigenvalue weighted by Crippen LogP contribution is 2.22. The molecule has 0 spiro atoms. The highest BCUT2D eigenvalue weighted by Gasteiger charge is 2.11. The zero-order valence-corrected chi connectivity index (χ0v) is 11.7. The average molecular weight is 315 g/mol. The van der Waals surface area contributed by atoms with Gasteiger partial charge in [0.15, 0.2) is 0 Å². The Kier molecular flexibility index (Phi) is 3.91. The maximum atomic E-state index is 13.4. The molecule has 0 radical (unpaired) electrons. The summed E-state index contributed by atoms with van der Waals surface area (Å²) in [4.78, 5) is 4.35. The molecule has 0 saturated carbocycles. The van der Waals surface area contributed by atoms with Crippen molar-refractivity contribution in [3.8, 4) is 0 Å². The number of halogens is 2. The van der Waals surface area contributed by atoms with E-state index >= 15 is 0 Å². The molecule has 2 nitrogen and oxygen atoms in total. The van der Waals surface area contributed by atoms with Crippen molar-refractivity contribution in [3.05, 3.63) is 50.1 Å². The fourth-order valence-corrected chi connectivity index (χ4v) is 2.46. The van der Waals surface area contributed by atoms with Crippen molar-refractivity contribution >= 4 is 27.3 Å². The first kappa shape index (κ1) is 12.7. The molecule has 0 aliphatic heterocycles. The van der Waals surface area contributed by atoms with Gasteiger partial charge in [0.25, 0.3) is 0 Å². The zero-order chi connectivity index (χ0) is 12.4. The van der Waals surface area contributed by atoms with Gasteiger partial charge in [-0.2, -0.15) is 0 Å². The van der Waals surface area contributed by atoms with Crippen LogP contribution in [0.5, 0.6) is 0 Å². The molecule has 90 valence electrons. The zero-order valence-electron chi connectivity index (χ0n) is 9.28. The monoisotopic (exact) mass is 314 g/mol. The van der Waals surface area contributed by atoms with Crippen molar-refractivity contribution in [3.63, 3.8) is 0 Å². The Hall–Kier alpha value is -0.780. The van der Waals surface area contributed by atoms with E-state index in [4.69, 9.17) is 5.73 Å². The fourth-order valence-electron chi connectivity index (χ4n) is 1.59. The Morgan fingerprint density at radius 1 is 1.53 bits per heavy atom. The van der Waals surface area contributed by atoms with Crippen molar-refractivity contribution in [2.45, 2.75) is 19.4 Å². The molecule has 1 heterocycles. The van der Waals surface area contributed by atoms with Gasteiger partial charge in [-0.3, -0.25) is 0 Å². The van der Waals surface area contributed by atoms with Gasteiger partial charge in [0.2, 0.25) is 0 Å². The second-order valence-corrected chi connectivity index (χ2v) is 5.76. The maximum absolute atomic E-state index is 13.4. The molecular weight excluding hydrogens is 303 g/mol. The van der Waals surface area contributed by atoms with Crippen LogP contribution in [0.4, 0.5) is 4.39 Å². The van der Waals surface area contributed by atoms with Gasteiger partial charge in [-0.25, -0.2) is 9.37 Å². The number of aromatic nitrogens is 1. The Bertz CT molecular complexity index is 527. The molecule has 1 aromatic heterocycles. The lowest BCUT2D eigenvalue weighted by atomic mass is 10.0. The quantitative estimate of drug-likeness (QED) is 0.940. The van der Waals surface area contributed by atoms with Crippen LogP contribution in [-0.2, 0) is 6.42 Å². The molecule has 2 rings (SSSR count). The van der Waals surface area contributed by atoms with Gasteiger partial charge >= 0.3 is 0 Å². The summed E-state index contributed by atoms with van der Waals surface area (Å²) in [6, 6.07) is 4.75. The second kappa shape index (κ2) is 5.25. The molecule has 0 aliphatic rings.